The van der Waals surface area contributed by atoms with Crippen molar-refractivity contribution in [3.63, 3.8) is 0 Å². The van der Waals surface area contributed by atoms with E-state index in [0.717, 1.165) is 50.3 Å². The van der Waals surface area contributed by atoms with E-state index in [4.69, 9.17) is 4.74 Å². The van der Waals surface area contributed by atoms with Crippen LogP contribution in [0.4, 0.5) is 5.69 Å². The molecule has 0 spiro atoms. The average Bonchev–Trinajstić information content (AvgIpc) is 2.52. The van der Waals surface area contributed by atoms with Gasteiger partial charge >= 0.3 is 0 Å². The van der Waals surface area contributed by atoms with Gasteiger partial charge in [0.2, 0.25) is 5.91 Å². The number of ether oxygens (including phenoxy) is 1. The Kier molecular flexibility index (Phi) is 9.88. The number of hydrogen-bond acceptors (Lipinski definition) is 4. The Balaban J connectivity index is 2.16. The maximum absolute atomic E-state index is 11.9. The summed E-state index contributed by atoms with van der Waals surface area (Å²) in [7, 11) is 0. The Hall–Kier alpha value is -1.20. The first-order valence-corrected chi connectivity index (χ1v) is 9.66. The summed E-state index contributed by atoms with van der Waals surface area (Å²) < 4.78 is 9.18. The summed E-state index contributed by atoms with van der Waals surface area (Å²) in [4.78, 5) is 11.9. The van der Waals surface area contributed by atoms with Gasteiger partial charge in [-0.1, -0.05) is 25.3 Å². The van der Waals surface area contributed by atoms with Crippen LogP contribution >= 0.6 is 11.9 Å². The van der Waals surface area contributed by atoms with Crippen LogP contribution in [-0.2, 0) is 4.79 Å². The molecule has 0 unspecified atom stereocenters. The molecule has 0 aromatic heterocycles. The van der Waals surface area contributed by atoms with E-state index in [2.05, 4.69) is 37.7 Å². The minimum absolute atomic E-state index is 0.0677. The van der Waals surface area contributed by atoms with Gasteiger partial charge in [0.1, 0.15) is 5.75 Å². The first kappa shape index (κ1) is 20.8. The molecule has 0 aliphatic carbocycles. The molecule has 0 atom stereocenters. The van der Waals surface area contributed by atoms with E-state index in [9.17, 15) is 4.79 Å². The zero-order valence-corrected chi connectivity index (χ0v) is 16.3. The number of anilines is 1. The highest BCUT2D eigenvalue weighted by molar-refractivity contribution is 7.98. The Labute approximate surface area is 151 Å². The van der Waals surface area contributed by atoms with E-state index in [1.165, 1.54) is 0 Å². The third-order valence-electron chi connectivity index (χ3n) is 3.22. The molecule has 0 saturated heterocycles. The maximum Gasteiger partial charge on any atom is 0.224 e. The number of hydrogen-bond donors (Lipinski definition) is 2. The molecule has 0 aliphatic rings. The molecule has 0 bridgehead atoms. The minimum Gasteiger partial charge on any atom is -0.494 e. The Morgan fingerprint density at radius 2 is 1.83 bits per heavy atom. The number of carbonyl (C=O) groups is 1. The van der Waals surface area contributed by atoms with E-state index in [0.29, 0.717) is 6.42 Å². The normalized spacial score (nSPS) is 11.3. The van der Waals surface area contributed by atoms with E-state index >= 15 is 0 Å². The zero-order valence-electron chi connectivity index (χ0n) is 15.5. The quantitative estimate of drug-likeness (QED) is 0.434. The maximum atomic E-state index is 11.9. The minimum atomic E-state index is 0.0677. The zero-order chi connectivity index (χ0) is 17.8. The lowest BCUT2D eigenvalue weighted by Crippen LogP contribution is -2.18. The largest absolute Gasteiger partial charge is 0.494 e. The molecule has 0 aliphatic heterocycles. The van der Waals surface area contributed by atoms with Gasteiger partial charge in [0, 0.05) is 23.4 Å². The molecule has 24 heavy (non-hydrogen) atoms. The lowest BCUT2D eigenvalue weighted by Gasteiger charge is -2.17. The van der Waals surface area contributed by atoms with Crippen LogP contribution in [0.5, 0.6) is 5.75 Å². The smallest absolute Gasteiger partial charge is 0.224 e. The average molecular weight is 353 g/mol. The van der Waals surface area contributed by atoms with E-state index in [-0.39, 0.29) is 10.7 Å². The van der Waals surface area contributed by atoms with Gasteiger partial charge in [-0.3, -0.25) is 9.52 Å². The molecule has 0 saturated carbocycles. The fourth-order valence-corrected chi connectivity index (χ4v) is 2.62. The molecule has 0 fully saturated rings. The molecule has 1 amide bonds. The van der Waals surface area contributed by atoms with Crippen LogP contribution in [0, 0.1) is 0 Å². The lowest BCUT2D eigenvalue weighted by atomic mass is 10.2. The first-order valence-electron chi connectivity index (χ1n) is 8.84. The summed E-state index contributed by atoms with van der Waals surface area (Å²) in [6.45, 7) is 10.3. The van der Waals surface area contributed by atoms with Gasteiger partial charge in [-0.05, 0) is 64.3 Å². The molecule has 1 aromatic carbocycles. The molecule has 0 heterocycles. The van der Waals surface area contributed by atoms with Crippen molar-refractivity contribution in [2.75, 3.05) is 18.5 Å². The second-order valence-electron chi connectivity index (χ2n) is 6.84. The number of carbonyl (C=O) groups excluding carboxylic acids is 1. The number of unbranched alkanes of at least 4 members (excludes halogenated alkanes) is 2. The molecule has 1 aromatic rings. The number of nitrogens with one attached hydrogen (secondary N) is 2. The predicted octanol–water partition coefficient (Wildman–Crippen LogP) is 5.01. The van der Waals surface area contributed by atoms with Crippen LogP contribution in [0.25, 0.3) is 0 Å². The third-order valence-corrected chi connectivity index (χ3v) is 4.18. The molecule has 1 rings (SSSR count). The van der Waals surface area contributed by atoms with E-state index in [1.807, 2.05) is 24.3 Å². The fourth-order valence-electron chi connectivity index (χ4n) is 1.94. The van der Waals surface area contributed by atoms with Gasteiger partial charge in [0.15, 0.2) is 0 Å². The standard InChI is InChI=1S/C19H32N2O2S/c1-5-6-15-23-17-12-10-16(11-13-17)21-18(22)9-7-8-14-20-24-19(2,3)4/h10-13,20H,5-9,14-15H2,1-4H3,(H,21,22). The predicted molar refractivity (Wildman–Crippen MR) is 105 cm³/mol. The van der Waals surface area contributed by atoms with Gasteiger partial charge in [-0.15, -0.1) is 0 Å². The highest BCUT2D eigenvalue weighted by Crippen LogP contribution is 2.19. The van der Waals surface area contributed by atoms with Gasteiger partial charge < -0.3 is 10.1 Å². The van der Waals surface area contributed by atoms with Crippen LogP contribution in [0.2, 0.25) is 0 Å². The van der Waals surface area contributed by atoms with Crippen LogP contribution in [0.15, 0.2) is 24.3 Å². The number of benzene rings is 1. The number of rotatable bonds is 11. The van der Waals surface area contributed by atoms with Crippen LogP contribution in [0.1, 0.15) is 59.8 Å². The molecule has 2 N–H and O–H groups in total. The van der Waals surface area contributed by atoms with Crippen molar-refractivity contribution < 1.29 is 9.53 Å². The van der Waals surface area contributed by atoms with Crippen molar-refractivity contribution in [1.29, 1.82) is 0 Å². The van der Waals surface area contributed by atoms with Crippen molar-refractivity contribution in [3.8, 4) is 5.75 Å². The summed E-state index contributed by atoms with van der Waals surface area (Å²) in [5, 5.41) is 2.93. The van der Waals surface area contributed by atoms with Gasteiger partial charge in [0.25, 0.3) is 0 Å². The van der Waals surface area contributed by atoms with Gasteiger partial charge in [0.05, 0.1) is 6.61 Å². The summed E-state index contributed by atoms with van der Waals surface area (Å²) in [5.74, 6) is 0.919. The summed E-state index contributed by atoms with van der Waals surface area (Å²) >= 11 is 1.74. The van der Waals surface area contributed by atoms with Crippen molar-refractivity contribution in [1.82, 2.24) is 4.72 Å². The fraction of sp³-hybridized carbons (Fsp3) is 0.632. The second-order valence-corrected chi connectivity index (χ2v) is 8.56. The van der Waals surface area contributed by atoms with E-state index < -0.39 is 0 Å². The Morgan fingerprint density at radius 1 is 1.12 bits per heavy atom. The van der Waals surface area contributed by atoms with Crippen molar-refractivity contribution >= 4 is 23.5 Å². The van der Waals surface area contributed by atoms with Crippen molar-refractivity contribution in [2.24, 2.45) is 0 Å². The Bertz CT molecular complexity index is 469. The molecule has 4 nitrogen and oxygen atoms in total. The summed E-state index contributed by atoms with van der Waals surface area (Å²) in [6, 6.07) is 7.58. The van der Waals surface area contributed by atoms with E-state index in [1.54, 1.807) is 11.9 Å². The lowest BCUT2D eigenvalue weighted by molar-refractivity contribution is -0.116. The molecular weight excluding hydrogens is 320 g/mol. The molecule has 5 heteroatoms. The van der Waals surface area contributed by atoms with Crippen LogP contribution in [-0.4, -0.2) is 23.8 Å². The molecule has 0 radical (unpaired) electrons. The van der Waals surface area contributed by atoms with Gasteiger partial charge in [-0.2, -0.15) is 0 Å². The highest BCUT2D eigenvalue weighted by Gasteiger charge is 2.09. The first-order chi connectivity index (χ1) is 11.4. The molecular formula is C19H32N2O2S. The molecule has 136 valence electrons. The third kappa shape index (κ3) is 10.6. The Morgan fingerprint density at radius 3 is 2.46 bits per heavy atom. The topological polar surface area (TPSA) is 50.4 Å². The summed E-state index contributed by atoms with van der Waals surface area (Å²) in [5.41, 5.74) is 0.823. The van der Waals surface area contributed by atoms with Crippen LogP contribution < -0.4 is 14.8 Å². The van der Waals surface area contributed by atoms with Crippen molar-refractivity contribution in [3.05, 3.63) is 24.3 Å². The SMILES string of the molecule is CCCCOc1ccc(NC(=O)CCCCNSC(C)(C)C)cc1. The summed E-state index contributed by atoms with van der Waals surface area (Å²) in [6.07, 6.45) is 4.62. The monoisotopic (exact) mass is 352 g/mol. The van der Waals surface area contributed by atoms with Gasteiger partial charge in [-0.25, -0.2) is 0 Å². The number of amides is 1. The second kappa shape index (κ2) is 11.4. The highest BCUT2D eigenvalue weighted by atomic mass is 32.2. The van der Waals surface area contributed by atoms with Crippen LogP contribution in [0.3, 0.4) is 0 Å². The van der Waals surface area contributed by atoms with Crippen molar-refractivity contribution in [2.45, 2.75) is 64.5 Å².